The molecule has 0 N–H and O–H groups in total. The fraction of sp³-hybridized carbons (Fsp3) is 0.556. The minimum absolute atomic E-state index is 0.146. The molecular weight excluding hydrogens is 228 g/mol. The van der Waals surface area contributed by atoms with Crippen molar-refractivity contribution in [2.75, 3.05) is 13.1 Å². The van der Waals surface area contributed by atoms with Crippen molar-refractivity contribution < 1.29 is 8.42 Å². The quantitative estimate of drug-likeness (QED) is 0.746. The van der Waals surface area contributed by atoms with Gasteiger partial charge in [0.15, 0.2) is 5.03 Å². The van der Waals surface area contributed by atoms with Crippen LogP contribution < -0.4 is 0 Å². The summed E-state index contributed by atoms with van der Waals surface area (Å²) in [4.78, 5) is 0. The molecule has 1 aromatic heterocycles. The second-order valence-corrected chi connectivity index (χ2v) is 5.08. The molecule has 0 fully saturated rings. The lowest BCUT2D eigenvalue weighted by atomic mass is 10.5. The molecule has 1 rings (SSSR count). The lowest BCUT2D eigenvalue weighted by molar-refractivity contribution is 0.428. The van der Waals surface area contributed by atoms with Gasteiger partial charge in [-0.3, -0.25) is 4.68 Å². The monoisotopic (exact) mass is 242 g/mol. The maximum atomic E-state index is 12.1. The molecule has 0 spiro atoms. The first kappa shape index (κ1) is 12.7. The van der Waals surface area contributed by atoms with Crippen molar-refractivity contribution in [3.63, 3.8) is 0 Å². The third kappa shape index (κ3) is 2.40. The van der Waals surface area contributed by atoms with E-state index in [1.165, 1.54) is 21.3 Å². The highest BCUT2D eigenvalue weighted by Gasteiger charge is 2.25. The highest BCUT2D eigenvalue weighted by molar-refractivity contribution is 7.89. The van der Waals surface area contributed by atoms with Crippen LogP contribution in [0.2, 0.25) is 0 Å². The number of hydrogen-bond acceptors (Lipinski definition) is 4. The Balaban J connectivity index is 3.01. The summed E-state index contributed by atoms with van der Waals surface area (Å²) in [6.07, 6.45) is 1.62. The summed E-state index contributed by atoms with van der Waals surface area (Å²) >= 11 is 0. The van der Waals surface area contributed by atoms with Gasteiger partial charge >= 0.3 is 0 Å². The normalized spacial score (nSPS) is 11.6. The first-order chi connectivity index (χ1) is 7.54. The van der Waals surface area contributed by atoms with Crippen LogP contribution in [0.25, 0.3) is 0 Å². The van der Waals surface area contributed by atoms with Gasteiger partial charge in [0.05, 0.1) is 12.3 Å². The topological polar surface area (TPSA) is 79.0 Å². The molecule has 0 aliphatic carbocycles. The van der Waals surface area contributed by atoms with Gasteiger partial charge in [0, 0.05) is 26.6 Å². The van der Waals surface area contributed by atoms with E-state index in [4.69, 9.17) is 5.26 Å². The van der Waals surface area contributed by atoms with Crippen molar-refractivity contribution in [1.82, 2.24) is 14.1 Å². The molecule has 0 aliphatic rings. The van der Waals surface area contributed by atoms with E-state index in [9.17, 15) is 8.42 Å². The molecular formula is C9H14N4O2S. The van der Waals surface area contributed by atoms with Gasteiger partial charge in [-0.15, -0.1) is 0 Å². The second kappa shape index (κ2) is 5.09. The van der Waals surface area contributed by atoms with Crippen molar-refractivity contribution in [3.8, 4) is 6.07 Å². The Bertz CT molecular complexity index is 486. The molecule has 0 bridgehead atoms. The van der Waals surface area contributed by atoms with Crippen LogP contribution in [0.5, 0.6) is 0 Å². The average Bonchev–Trinajstić information content (AvgIpc) is 2.66. The van der Waals surface area contributed by atoms with Crippen LogP contribution in [-0.2, 0) is 17.1 Å². The summed E-state index contributed by atoms with van der Waals surface area (Å²) in [7, 11) is -1.95. The summed E-state index contributed by atoms with van der Waals surface area (Å²) in [5, 5.41) is 12.4. The minimum Gasteiger partial charge on any atom is -0.256 e. The molecule has 1 heterocycles. The summed E-state index contributed by atoms with van der Waals surface area (Å²) in [5.41, 5.74) is 0. The molecule has 0 unspecified atom stereocenters. The molecule has 0 saturated heterocycles. The number of hydrogen-bond donors (Lipinski definition) is 0. The van der Waals surface area contributed by atoms with E-state index in [-0.39, 0.29) is 18.0 Å². The molecule has 0 amide bonds. The van der Waals surface area contributed by atoms with Gasteiger partial charge in [0.1, 0.15) is 0 Å². The number of aromatic nitrogens is 2. The Kier molecular flexibility index (Phi) is 4.04. The standard InChI is InChI=1S/C9H14N4O2S/c1-3-13(8-4-6-10)16(14,15)9-5-7-11-12(9)2/h5,7H,3-4,8H2,1-2H3. The second-order valence-electron chi connectivity index (χ2n) is 3.20. The molecule has 16 heavy (non-hydrogen) atoms. The van der Waals surface area contributed by atoms with E-state index in [1.54, 1.807) is 14.0 Å². The Labute approximate surface area is 95.1 Å². The van der Waals surface area contributed by atoms with Crippen LogP contribution >= 0.6 is 0 Å². The summed E-state index contributed by atoms with van der Waals surface area (Å²) in [5.74, 6) is 0. The molecule has 0 aromatic carbocycles. The van der Waals surface area contributed by atoms with Gasteiger partial charge in [0.2, 0.25) is 0 Å². The molecule has 6 nitrogen and oxygen atoms in total. The summed E-state index contributed by atoms with van der Waals surface area (Å²) in [6, 6.07) is 3.38. The third-order valence-corrected chi connectivity index (χ3v) is 4.26. The summed E-state index contributed by atoms with van der Waals surface area (Å²) in [6.45, 7) is 2.29. The molecule has 0 atom stereocenters. The van der Waals surface area contributed by atoms with Crippen LogP contribution in [-0.4, -0.2) is 35.6 Å². The Hall–Kier alpha value is -1.39. The molecule has 0 radical (unpaired) electrons. The van der Waals surface area contributed by atoms with E-state index >= 15 is 0 Å². The predicted octanol–water partition coefficient (Wildman–Crippen LogP) is 0.344. The highest BCUT2D eigenvalue weighted by Crippen LogP contribution is 2.14. The summed E-state index contributed by atoms with van der Waals surface area (Å²) < 4.78 is 26.8. The van der Waals surface area contributed by atoms with Crippen molar-refractivity contribution in [3.05, 3.63) is 12.3 Å². The first-order valence-electron chi connectivity index (χ1n) is 4.89. The largest absolute Gasteiger partial charge is 0.260 e. The van der Waals surface area contributed by atoms with Gasteiger partial charge in [0.25, 0.3) is 10.0 Å². The first-order valence-corrected chi connectivity index (χ1v) is 6.33. The minimum atomic E-state index is -3.53. The number of aryl methyl sites for hydroxylation is 1. The van der Waals surface area contributed by atoms with E-state index < -0.39 is 10.0 Å². The number of rotatable bonds is 5. The van der Waals surface area contributed by atoms with E-state index in [0.29, 0.717) is 6.54 Å². The molecule has 0 aliphatic heterocycles. The maximum Gasteiger partial charge on any atom is 0.260 e. The Morgan fingerprint density at radius 3 is 2.75 bits per heavy atom. The SMILES string of the molecule is CCN(CCC#N)S(=O)(=O)c1ccnn1C. The predicted molar refractivity (Wildman–Crippen MR) is 57.9 cm³/mol. The number of sulfonamides is 1. The molecule has 7 heteroatoms. The Morgan fingerprint density at radius 1 is 1.62 bits per heavy atom. The molecule has 1 aromatic rings. The van der Waals surface area contributed by atoms with Gasteiger partial charge in [-0.25, -0.2) is 8.42 Å². The highest BCUT2D eigenvalue weighted by atomic mass is 32.2. The molecule has 88 valence electrons. The van der Waals surface area contributed by atoms with Crippen LogP contribution in [0.3, 0.4) is 0 Å². The smallest absolute Gasteiger partial charge is 0.256 e. The van der Waals surface area contributed by atoms with Crippen LogP contribution in [0, 0.1) is 11.3 Å². The van der Waals surface area contributed by atoms with Crippen LogP contribution in [0.15, 0.2) is 17.3 Å². The zero-order valence-electron chi connectivity index (χ0n) is 9.29. The van der Waals surface area contributed by atoms with Crippen molar-refractivity contribution in [2.24, 2.45) is 7.05 Å². The van der Waals surface area contributed by atoms with Crippen LogP contribution in [0.4, 0.5) is 0 Å². The van der Waals surface area contributed by atoms with Gasteiger partial charge < -0.3 is 0 Å². The van der Waals surface area contributed by atoms with E-state index in [1.807, 2.05) is 6.07 Å². The lowest BCUT2D eigenvalue weighted by Crippen LogP contribution is -2.33. The van der Waals surface area contributed by atoms with Crippen molar-refractivity contribution >= 4 is 10.0 Å². The van der Waals surface area contributed by atoms with E-state index in [2.05, 4.69) is 5.10 Å². The zero-order chi connectivity index (χ0) is 12.2. The van der Waals surface area contributed by atoms with E-state index in [0.717, 1.165) is 0 Å². The zero-order valence-corrected chi connectivity index (χ0v) is 10.1. The number of nitriles is 1. The van der Waals surface area contributed by atoms with Gasteiger partial charge in [-0.1, -0.05) is 6.92 Å². The maximum absolute atomic E-state index is 12.1. The fourth-order valence-corrected chi connectivity index (χ4v) is 2.92. The lowest BCUT2D eigenvalue weighted by Gasteiger charge is -2.18. The van der Waals surface area contributed by atoms with Crippen molar-refractivity contribution in [1.29, 1.82) is 5.26 Å². The van der Waals surface area contributed by atoms with Crippen LogP contribution in [0.1, 0.15) is 13.3 Å². The fourth-order valence-electron chi connectivity index (χ4n) is 1.37. The van der Waals surface area contributed by atoms with Gasteiger partial charge in [-0.05, 0) is 6.07 Å². The van der Waals surface area contributed by atoms with Gasteiger partial charge in [-0.2, -0.15) is 14.7 Å². The number of nitrogens with zero attached hydrogens (tertiary/aromatic N) is 4. The Morgan fingerprint density at radius 2 is 2.31 bits per heavy atom. The molecule has 0 saturated carbocycles. The third-order valence-electron chi connectivity index (χ3n) is 2.21. The van der Waals surface area contributed by atoms with Crippen molar-refractivity contribution in [2.45, 2.75) is 18.4 Å². The average molecular weight is 242 g/mol.